The summed E-state index contributed by atoms with van der Waals surface area (Å²) in [6, 6.07) is 15.9. The normalized spacial score (nSPS) is 11.9. The van der Waals surface area contributed by atoms with Crippen LogP contribution in [-0.4, -0.2) is 5.91 Å². The first-order chi connectivity index (χ1) is 10.1. The lowest BCUT2D eigenvalue weighted by Crippen LogP contribution is -2.10. The molecule has 0 saturated heterocycles. The van der Waals surface area contributed by atoms with Gasteiger partial charge in [-0.1, -0.05) is 38.1 Å². The minimum Gasteiger partial charge on any atom is -0.381 e. The molecule has 3 heteroatoms. The van der Waals surface area contributed by atoms with Crippen LogP contribution in [0.5, 0.6) is 0 Å². The summed E-state index contributed by atoms with van der Waals surface area (Å²) < 4.78 is 0. The smallest absolute Gasteiger partial charge is 0.248 e. The van der Waals surface area contributed by atoms with Crippen molar-refractivity contribution in [1.82, 2.24) is 0 Å². The van der Waals surface area contributed by atoms with Gasteiger partial charge in [0, 0.05) is 17.8 Å². The summed E-state index contributed by atoms with van der Waals surface area (Å²) in [6.45, 7) is 5.16. The SMILES string of the molecule is CCC(C)c1ccc(NCc2ccc(C(N)=O)cc2)cc1. The fraction of sp³-hybridized carbons (Fsp3) is 0.278. The predicted molar refractivity (Wildman–Crippen MR) is 87.4 cm³/mol. The maximum Gasteiger partial charge on any atom is 0.248 e. The van der Waals surface area contributed by atoms with Gasteiger partial charge < -0.3 is 11.1 Å². The molecule has 0 bridgehead atoms. The highest BCUT2D eigenvalue weighted by molar-refractivity contribution is 5.92. The molecular weight excluding hydrogens is 260 g/mol. The third-order valence-corrected chi connectivity index (χ3v) is 3.83. The van der Waals surface area contributed by atoms with Crippen molar-refractivity contribution in [3.63, 3.8) is 0 Å². The van der Waals surface area contributed by atoms with Crippen LogP contribution in [0.2, 0.25) is 0 Å². The summed E-state index contributed by atoms with van der Waals surface area (Å²) in [6.07, 6.45) is 1.15. The zero-order valence-electron chi connectivity index (χ0n) is 12.6. The largest absolute Gasteiger partial charge is 0.381 e. The van der Waals surface area contributed by atoms with Gasteiger partial charge in [0.25, 0.3) is 0 Å². The third-order valence-electron chi connectivity index (χ3n) is 3.83. The number of benzene rings is 2. The van der Waals surface area contributed by atoms with Crippen molar-refractivity contribution in [3.05, 3.63) is 65.2 Å². The molecule has 2 aromatic rings. The summed E-state index contributed by atoms with van der Waals surface area (Å²) in [5.41, 5.74) is 9.35. The Morgan fingerprint density at radius 3 is 2.24 bits per heavy atom. The van der Waals surface area contributed by atoms with Gasteiger partial charge in [-0.25, -0.2) is 0 Å². The van der Waals surface area contributed by atoms with E-state index in [0.717, 1.165) is 24.2 Å². The second-order valence-electron chi connectivity index (χ2n) is 5.35. The Balaban J connectivity index is 1.95. The van der Waals surface area contributed by atoms with E-state index in [4.69, 9.17) is 5.73 Å². The number of nitrogens with one attached hydrogen (secondary N) is 1. The average Bonchev–Trinajstić information content (AvgIpc) is 2.53. The van der Waals surface area contributed by atoms with E-state index in [9.17, 15) is 4.79 Å². The van der Waals surface area contributed by atoms with E-state index < -0.39 is 5.91 Å². The van der Waals surface area contributed by atoms with Gasteiger partial charge in [0.2, 0.25) is 5.91 Å². The van der Waals surface area contributed by atoms with Gasteiger partial charge in [-0.2, -0.15) is 0 Å². The Labute approximate surface area is 126 Å². The van der Waals surface area contributed by atoms with Crippen molar-refractivity contribution < 1.29 is 4.79 Å². The second kappa shape index (κ2) is 6.93. The van der Waals surface area contributed by atoms with Crippen LogP contribution in [-0.2, 0) is 6.54 Å². The first kappa shape index (κ1) is 15.1. The third kappa shape index (κ3) is 4.09. The fourth-order valence-electron chi connectivity index (χ4n) is 2.16. The summed E-state index contributed by atoms with van der Waals surface area (Å²) in [7, 11) is 0. The molecule has 1 amide bonds. The Morgan fingerprint density at radius 1 is 1.10 bits per heavy atom. The number of carbonyl (C=O) groups is 1. The second-order valence-corrected chi connectivity index (χ2v) is 5.35. The minimum absolute atomic E-state index is 0.393. The number of hydrogen-bond acceptors (Lipinski definition) is 2. The van der Waals surface area contributed by atoms with Crippen LogP contribution < -0.4 is 11.1 Å². The molecule has 0 spiro atoms. The number of rotatable bonds is 6. The van der Waals surface area contributed by atoms with Crippen LogP contribution >= 0.6 is 0 Å². The van der Waals surface area contributed by atoms with E-state index in [0.29, 0.717) is 11.5 Å². The lowest BCUT2D eigenvalue weighted by Gasteiger charge is -2.11. The molecule has 0 fully saturated rings. The minimum atomic E-state index is -0.393. The van der Waals surface area contributed by atoms with Crippen molar-refractivity contribution in [2.24, 2.45) is 5.73 Å². The highest BCUT2D eigenvalue weighted by Crippen LogP contribution is 2.20. The molecule has 0 saturated carbocycles. The Bertz CT molecular complexity index is 588. The highest BCUT2D eigenvalue weighted by atomic mass is 16.1. The van der Waals surface area contributed by atoms with Crippen LogP contribution in [0.1, 0.15) is 47.7 Å². The van der Waals surface area contributed by atoms with Crippen LogP contribution in [0.3, 0.4) is 0 Å². The van der Waals surface area contributed by atoms with Crippen molar-refractivity contribution >= 4 is 11.6 Å². The molecule has 110 valence electrons. The molecule has 2 rings (SSSR count). The summed E-state index contributed by atoms with van der Waals surface area (Å²) in [4.78, 5) is 11.0. The highest BCUT2D eigenvalue weighted by Gasteiger charge is 2.03. The number of anilines is 1. The van der Waals surface area contributed by atoms with E-state index in [2.05, 4.69) is 43.4 Å². The molecule has 0 radical (unpaired) electrons. The molecule has 2 aromatic carbocycles. The number of amides is 1. The van der Waals surface area contributed by atoms with Gasteiger partial charge >= 0.3 is 0 Å². The lowest BCUT2D eigenvalue weighted by molar-refractivity contribution is 0.100. The lowest BCUT2D eigenvalue weighted by atomic mass is 9.98. The van der Waals surface area contributed by atoms with Crippen molar-refractivity contribution in [1.29, 1.82) is 0 Å². The first-order valence-electron chi connectivity index (χ1n) is 7.32. The van der Waals surface area contributed by atoms with Crippen molar-refractivity contribution in [2.45, 2.75) is 32.7 Å². The monoisotopic (exact) mass is 282 g/mol. The zero-order valence-corrected chi connectivity index (χ0v) is 12.6. The molecule has 1 atom stereocenters. The Hall–Kier alpha value is -2.29. The van der Waals surface area contributed by atoms with E-state index in [1.807, 2.05) is 12.1 Å². The maximum atomic E-state index is 11.0. The first-order valence-corrected chi connectivity index (χ1v) is 7.32. The van der Waals surface area contributed by atoms with Crippen molar-refractivity contribution in [3.8, 4) is 0 Å². The van der Waals surface area contributed by atoms with Crippen LogP contribution in [0, 0.1) is 0 Å². The molecule has 0 aromatic heterocycles. The van der Waals surface area contributed by atoms with Gasteiger partial charge in [0.15, 0.2) is 0 Å². The molecule has 1 unspecified atom stereocenters. The molecule has 0 heterocycles. The van der Waals surface area contributed by atoms with Gasteiger partial charge in [-0.15, -0.1) is 0 Å². The van der Waals surface area contributed by atoms with Gasteiger partial charge in [-0.05, 0) is 47.7 Å². The van der Waals surface area contributed by atoms with Crippen LogP contribution in [0.4, 0.5) is 5.69 Å². The Kier molecular flexibility index (Phi) is 4.99. The van der Waals surface area contributed by atoms with Crippen LogP contribution in [0.25, 0.3) is 0 Å². The predicted octanol–water partition coefficient (Wildman–Crippen LogP) is 3.91. The summed E-state index contributed by atoms with van der Waals surface area (Å²) >= 11 is 0. The molecule has 0 aliphatic carbocycles. The number of nitrogens with two attached hydrogens (primary N) is 1. The van der Waals surface area contributed by atoms with Gasteiger partial charge in [0.05, 0.1) is 0 Å². The Morgan fingerprint density at radius 2 is 1.71 bits per heavy atom. The topological polar surface area (TPSA) is 55.1 Å². The number of hydrogen-bond donors (Lipinski definition) is 2. The molecule has 21 heavy (non-hydrogen) atoms. The molecule has 3 N–H and O–H groups in total. The molecule has 0 aliphatic heterocycles. The van der Waals surface area contributed by atoms with Gasteiger partial charge in [0.1, 0.15) is 0 Å². The quantitative estimate of drug-likeness (QED) is 0.844. The van der Waals surface area contributed by atoms with E-state index in [1.54, 1.807) is 12.1 Å². The zero-order chi connectivity index (χ0) is 15.2. The van der Waals surface area contributed by atoms with Gasteiger partial charge in [-0.3, -0.25) is 4.79 Å². The summed E-state index contributed by atoms with van der Waals surface area (Å²) in [5, 5.41) is 3.38. The number of primary amides is 1. The maximum absolute atomic E-state index is 11.0. The summed E-state index contributed by atoms with van der Waals surface area (Å²) in [5.74, 6) is 0.204. The van der Waals surface area contributed by atoms with E-state index >= 15 is 0 Å². The van der Waals surface area contributed by atoms with E-state index in [1.165, 1.54) is 5.56 Å². The van der Waals surface area contributed by atoms with E-state index in [-0.39, 0.29) is 0 Å². The number of carbonyl (C=O) groups excluding carboxylic acids is 1. The molecular formula is C18H22N2O. The average molecular weight is 282 g/mol. The standard InChI is InChI=1S/C18H22N2O/c1-3-13(2)15-8-10-17(11-9-15)20-12-14-4-6-16(7-5-14)18(19)21/h4-11,13,20H,3,12H2,1-2H3,(H2,19,21). The molecule has 3 nitrogen and oxygen atoms in total. The van der Waals surface area contributed by atoms with Crippen molar-refractivity contribution in [2.75, 3.05) is 5.32 Å². The fourth-order valence-corrected chi connectivity index (χ4v) is 2.16. The molecule has 0 aliphatic rings. The van der Waals surface area contributed by atoms with Crippen LogP contribution in [0.15, 0.2) is 48.5 Å².